The standard InChI is InChI=1S/C17H27NO3/c1-12(2)21-10-9-18(3)16-8-5-13-11-14(20-4)6-7-15(13)17(16)19/h6-7,11-12,16-17,19H,5,8-10H2,1-4H3. The molecule has 1 N–H and O–H groups in total. The summed E-state index contributed by atoms with van der Waals surface area (Å²) >= 11 is 0. The predicted molar refractivity (Wildman–Crippen MR) is 83.8 cm³/mol. The maximum absolute atomic E-state index is 10.6. The molecule has 2 rings (SSSR count). The van der Waals surface area contributed by atoms with Crippen LogP contribution in [0.2, 0.25) is 0 Å². The highest BCUT2D eigenvalue weighted by atomic mass is 16.5. The molecule has 0 aliphatic heterocycles. The SMILES string of the molecule is COc1ccc2c(c1)CCC(N(C)CCOC(C)C)C2O. The molecule has 1 aromatic carbocycles. The minimum atomic E-state index is -0.441. The van der Waals surface area contributed by atoms with Crippen molar-refractivity contribution in [2.24, 2.45) is 0 Å². The predicted octanol–water partition coefficient (Wildman–Crippen LogP) is 2.40. The number of methoxy groups -OCH3 is 1. The summed E-state index contributed by atoms with van der Waals surface area (Å²) in [6.07, 6.45) is 1.75. The number of benzene rings is 1. The Morgan fingerprint density at radius 2 is 2.14 bits per heavy atom. The van der Waals surface area contributed by atoms with Gasteiger partial charge in [0.1, 0.15) is 5.75 Å². The smallest absolute Gasteiger partial charge is 0.119 e. The molecule has 0 saturated carbocycles. The third-order valence-corrected chi connectivity index (χ3v) is 4.20. The van der Waals surface area contributed by atoms with Gasteiger partial charge in [-0.3, -0.25) is 4.90 Å². The second-order valence-electron chi connectivity index (χ2n) is 6.02. The van der Waals surface area contributed by atoms with Crippen LogP contribution < -0.4 is 4.74 Å². The van der Waals surface area contributed by atoms with E-state index in [2.05, 4.69) is 11.9 Å². The molecule has 4 nitrogen and oxygen atoms in total. The molecule has 1 aliphatic carbocycles. The van der Waals surface area contributed by atoms with Crippen LogP contribution in [0.1, 0.15) is 37.5 Å². The van der Waals surface area contributed by atoms with E-state index in [1.807, 2.05) is 32.0 Å². The van der Waals surface area contributed by atoms with E-state index in [4.69, 9.17) is 9.47 Å². The van der Waals surface area contributed by atoms with Crippen molar-refractivity contribution in [1.82, 2.24) is 4.90 Å². The Bertz CT molecular complexity index is 461. The first-order valence-electron chi connectivity index (χ1n) is 7.69. The summed E-state index contributed by atoms with van der Waals surface area (Å²) in [6.45, 7) is 5.62. The van der Waals surface area contributed by atoms with Gasteiger partial charge in [0.05, 0.1) is 25.9 Å². The number of aliphatic hydroxyl groups excluding tert-OH is 1. The second kappa shape index (κ2) is 7.25. The lowest BCUT2D eigenvalue weighted by atomic mass is 9.85. The molecular formula is C17H27NO3. The number of hydrogen-bond acceptors (Lipinski definition) is 4. The van der Waals surface area contributed by atoms with Crippen molar-refractivity contribution in [3.8, 4) is 5.75 Å². The summed E-state index contributed by atoms with van der Waals surface area (Å²) in [5.41, 5.74) is 2.23. The van der Waals surface area contributed by atoms with E-state index in [0.29, 0.717) is 6.61 Å². The van der Waals surface area contributed by atoms with Gasteiger partial charge < -0.3 is 14.6 Å². The van der Waals surface area contributed by atoms with Gasteiger partial charge in [0.15, 0.2) is 0 Å². The van der Waals surface area contributed by atoms with Gasteiger partial charge in [-0.1, -0.05) is 6.07 Å². The minimum Gasteiger partial charge on any atom is -0.497 e. The minimum absolute atomic E-state index is 0.154. The third kappa shape index (κ3) is 3.96. The van der Waals surface area contributed by atoms with Crippen molar-refractivity contribution < 1.29 is 14.6 Å². The van der Waals surface area contributed by atoms with Gasteiger partial charge in [0, 0.05) is 12.6 Å². The lowest BCUT2D eigenvalue weighted by Crippen LogP contribution is -2.41. The molecule has 2 unspecified atom stereocenters. The van der Waals surface area contributed by atoms with Crippen LogP contribution >= 0.6 is 0 Å². The Labute approximate surface area is 127 Å². The Morgan fingerprint density at radius 1 is 1.38 bits per heavy atom. The van der Waals surface area contributed by atoms with Crippen molar-refractivity contribution in [3.05, 3.63) is 29.3 Å². The summed E-state index contributed by atoms with van der Waals surface area (Å²) in [7, 11) is 3.73. The summed E-state index contributed by atoms with van der Waals surface area (Å²) < 4.78 is 10.9. The molecule has 1 aliphatic rings. The van der Waals surface area contributed by atoms with Gasteiger partial charge in [-0.05, 0) is 57.0 Å². The van der Waals surface area contributed by atoms with Crippen molar-refractivity contribution in [3.63, 3.8) is 0 Å². The number of likely N-dealkylation sites (N-methyl/N-ethyl adjacent to an activating group) is 1. The Hall–Kier alpha value is -1.10. The molecule has 0 heterocycles. The fourth-order valence-corrected chi connectivity index (χ4v) is 2.94. The van der Waals surface area contributed by atoms with Crippen LogP contribution in [0.5, 0.6) is 5.75 Å². The highest BCUT2D eigenvalue weighted by molar-refractivity contribution is 5.39. The number of nitrogens with zero attached hydrogens (tertiary/aromatic N) is 1. The first-order chi connectivity index (χ1) is 10.0. The van der Waals surface area contributed by atoms with Crippen LogP contribution in [0, 0.1) is 0 Å². The topological polar surface area (TPSA) is 41.9 Å². The fraction of sp³-hybridized carbons (Fsp3) is 0.647. The van der Waals surface area contributed by atoms with Gasteiger partial charge in [-0.25, -0.2) is 0 Å². The molecule has 21 heavy (non-hydrogen) atoms. The summed E-state index contributed by atoms with van der Waals surface area (Å²) in [5.74, 6) is 0.859. The number of hydrogen-bond donors (Lipinski definition) is 1. The number of rotatable bonds is 6. The summed E-state index contributed by atoms with van der Waals surface area (Å²) in [4.78, 5) is 2.21. The number of ether oxygens (including phenoxy) is 2. The Kier molecular flexibility index (Phi) is 5.62. The van der Waals surface area contributed by atoms with Crippen molar-refractivity contribution in [2.75, 3.05) is 27.3 Å². The zero-order valence-corrected chi connectivity index (χ0v) is 13.5. The molecule has 0 radical (unpaired) electrons. The largest absolute Gasteiger partial charge is 0.497 e. The first-order valence-corrected chi connectivity index (χ1v) is 7.69. The quantitative estimate of drug-likeness (QED) is 0.874. The van der Waals surface area contributed by atoms with Crippen molar-refractivity contribution >= 4 is 0 Å². The molecule has 0 saturated heterocycles. The van der Waals surface area contributed by atoms with Gasteiger partial charge in [0.2, 0.25) is 0 Å². The van der Waals surface area contributed by atoms with Crippen molar-refractivity contribution in [1.29, 1.82) is 0 Å². The van der Waals surface area contributed by atoms with Crippen LogP contribution in [0.3, 0.4) is 0 Å². The lowest BCUT2D eigenvalue weighted by Gasteiger charge is -2.36. The highest BCUT2D eigenvalue weighted by Crippen LogP contribution is 2.34. The molecule has 0 spiro atoms. The van der Waals surface area contributed by atoms with E-state index in [1.165, 1.54) is 5.56 Å². The third-order valence-electron chi connectivity index (χ3n) is 4.20. The van der Waals surface area contributed by atoms with Gasteiger partial charge >= 0.3 is 0 Å². The van der Waals surface area contributed by atoms with E-state index < -0.39 is 6.10 Å². The van der Waals surface area contributed by atoms with E-state index in [9.17, 15) is 5.11 Å². The van der Waals surface area contributed by atoms with Crippen LogP contribution in [0.15, 0.2) is 18.2 Å². The molecule has 1 aromatic rings. The van der Waals surface area contributed by atoms with Gasteiger partial charge in [-0.15, -0.1) is 0 Å². The van der Waals surface area contributed by atoms with Crippen LogP contribution in [-0.2, 0) is 11.2 Å². The van der Waals surface area contributed by atoms with Crippen LogP contribution in [0.25, 0.3) is 0 Å². The van der Waals surface area contributed by atoms with Gasteiger partial charge in [-0.2, -0.15) is 0 Å². The zero-order chi connectivity index (χ0) is 15.4. The van der Waals surface area contributed by atoms with Crippen molar-refractivity contribution in [2.45, 2.75) is 44.9 Å². The molecule has 4 heteroatoms. The highest BCUT2D eigenvalue weighted by Gasteiger charge is 2.30. The van der Waals surface area contributed by atoms with E-state index in [1.54, 1.807) is 7.11 Å². The molecule has 118 valence electrons. The van der Waals surface area contributed by atoms with E-state index in [0.717, 1.165) is 30.7 Å². The monoisotopic (exact) mass is 293 g/mol. The first kappa shape index (κ1) is 16.3. The summed E-state index contributed by atoms with van der Waals surface area (Å²) in [6, 6.07) is 6.11. The molecular weight excluding hydrogens is 266 g/mol. The zero-order valence-electron chi connectivity index (χ0n) is 13.5. The lowest BCUT2D eigenvalue weighted by molar-refractivity contribution is 0.0169. The molecule has 0 amide bonds. The number of fused-ring (bicyclic) bond motifs is 1. The van der Waals surface area contributed by atoms with E-state index in [-0.39, 0.29) is 12.1 Å². The second-order valence-corrected chi connectivity index (χ2v) is 6.02. The maximum atomic E-state index is 10.6. The average molecular weight is 293 g/mol. The van der Waals surface area contributed by atoms with E-state index >= 15 is 0 Å². The molecule has 0 aromatic heterocycles. The molecule has 0 bridgehead atoms. The number of aliphatic hydroxyl groups is 1. The summed E-state index contributed by atoms with van der Waals surface area (Å²) in [5, 5.41) is 10.6. The van der Waals surface area contributed by atoms with Crippen LogP contribution in [0.4, 0.5) is 0 Å². The molecule has 0 fully saturated rings. The number of aryl methyl sites for hydroxylation is 1. The Balaban J connectivity index is 2.00. The van der Waals surface area contributed by atoms with Gasteiger partial charge in [0.25, 0.3) is 0 Å². The fourth-order valence-electron chi connectivity index (χ4n) is 2.94. The average Bonchev–Trinajstić information content (AvgIpc) is 2.46. The molecule has 2 atom stereocenters. The normalized spacial score (nSPS) is 21.7. The van der Waals surface area contributed by atoms with Crippen LogP contribution in [-0.4, -0.2) is 49.5 Å². The maximum Gasteiger partial charge on any atom is 0.119 e. The Morgan fingerprint density at radius 3 is 2.81 bits per heavy atom.